The fraction of sp³-hybridized carbons (Fsp3) is 0.462. The van der Waals surface area contributed by atoms with Crippen LogP contribution in [0, 0.1) is 0 Å². The second-order valence-corrected chi connectivity index (χ2v) is 9.45. The molecular formula is C13H13BrF6O7S2. The maximum Gasteiger partial charge on any atom is 0.524 e. The summed E-state index contributed by atoms with van der Waals surface area (Å²) in [5.74, 6) is 0.0304. The third-order valence-electron chi connectivity index (χ3n) is 2.79. The molecule has 0 aliphatic heterocycles. The van der Waals surface area contributed by atoms with E-state index in [0.29, 0.717) is 11.5 Å². The predicted molar refractivity (Wildman–Crippen MR) is 90.6 cm³/mol. The molecule has 0 atom stereocenters. The van der Waals surface area contributed by atoms with E-state index in [0.717, 1.165) is 10.0 Å². The lowest BCUT2D eigenvalue weighted by atomic mass is 9.97. The van der Waals surface area contributed by atoms with Crippen LogP contribution in [0.4, 0.5) is 26.3 Å². The Balaban J connectivity index is 0.000000541. The van der Waals surface area contributed by atoms with Crippen molar-refractivity contribution in [3.63, 3.8) is 0 Å². The molecule has 0 saturated carbocycles. The number of halogens is 7. The van der Waals surface area contributed by atoms with Crippen LogP contribution in [-0.2, 0) is 28.6 Å². The van der Waals surface area contributed by atoms with Gasteiger partial charge in [-0.15, -0.1) is 3.63 Å². The van der Waals surface area contributed by atoms with Crippen LogP contribution in [0.2, 0.25) is 0 Å². The van der Waals surface area contributed by atoms with Gasteiger partial charge in [-0.25, -0.2) is 4.79 Å². The smallest absolute Gasteiger partial charge is 0.465 e. The van der Waals surface area contributed by atoms with Crippen LogP contribution in [0.15, 0.2) is 22.7 Å². The van der Waals surface area contributed by atoms with Crippen LogP contribution in [-0.4, -0.2) is 40.9 Å². The van der Waals surface area contributed by atoms with Crippen LogP contribution in [0.25, 0.3) is 0 Å². The third kappa shape index (κ3) is 7.75. The largest absolute Gasteiger partial charge is 0.524 e. The number of carbonyl (C=O) groups excluding carboxylic acids is 1. The Bertz CT molecular complexity index is 895. The molecule has 29 heavy (non-hydrogen) atoms. The molecule has 0 spiro atoms. The van der Waals surface area contributed by atoms with Gasteiger partial charge < -0.3 is 4.74 Å². The summed E-state index contributed by atoms with van der Waals surface area (Å²) >= 11 is 3.38. The van der Waals surface area contributed by atoms with Crippen LogP contribution in [0.5, 0.6) is 0 Å². The van der Waals surface area contributed by atoms with E-state index in [2.05, 4.69) is 15.9 Å². The lowest BCUT2D eigenvalue weighted by Gasteiger charge is -2.11. The minimum absolute atomic E-state index is 0.277. The minimum atomic E-state index is -6.85. The number of methoxy groups -OCH3 is 1. The second-order valence-electron chi connectivity index (χ2n) is 5.25. The summed E-state index contributed by atoms with van der Waals surface area (Å²) in [4.78, 5) is 11.4. The summed E-state index contributed by atoms with van der Waals surface area (Å²) in [6.45, 7) is 4.10. The van der Waals surface area contributed by atoms with E-state index in [1.54, 1.807) is 6.07 Å². The Morgan fingerprint density at radius 2 is 1.38 bits per heavy atom. The van der Waals surface area contributed by atoms with Gasteiger partial charge in [-0.3, -0.25) is 0 Å². The van der Waals surface area contributed by atoms with Crippen molar-refractivity contribution in [3.05, 3.63) is 33.8 Å². The Labute approximate surface area is 170 Å². The number of alkyl halides is 6. The molecule has 0 N–H and O–H groups in total. The maximum atomic E-state index is 11.4. The van der Waals surface area contributed by atoms with Gasteiger partial charge in [-0.1, -0.05) is 29.8 Å². The molecule has 1 aromatic rings. The van der Waals surface area contributed by atoms with Crippen molar-refractivity contribution in [1.29, 1.82) is 0 Å². The monoisotopic (exact) mass is 538 g/mol. The van der Waals surface area contributed by atoms with Crippen LogP contribution >= 0.6 is 15.9 Å². The number of hydrogen-bond donors (Lipinski definition) is 0. The van der Waals surface area contributed by atoms with Crippen molar-refractivity contribution in [1.82, 2.24) is 0 Å². The van der Waals surface area contributed by atoms with Crippen molar-refractivity contribution in [2.75, 3.05) is 7.11 Å². The minimum Gasteiger partial charge on any atom is -0.465 e. The Morgan fingerprint density at radius 3 is 1.69 bits per heavy atom. The van der Waals surface area contributed by atoms with Gasteiger partial charge in [0.2, 0.25) is 0 Å². The van der Waals surface area contributed by atoms with Crippen LogP contribution in [0.1, 0.15) is 35.7 Å². The van der Waals surface area contributed by atoms with Crippen molar-refractivity contribution in [2.24, 2.45) is 0 Å². The fourth-order valence-electron chi connectivity index (χ4n) is 1.50. The summed E-state index contributed by atoms with van der Waals surface area (Å²) in [6.07, 6.45) is 0. The topological polar surface area (TPSA) is 104 Å². The first-order valence-electron chi connectivity index (χ1n) is 6.98. The van der Waals surface area contributed by atoms with Crippen molar-refractivity contribution >= 4 is 42.1 Å². The lowest BCUT2D eigenvalue weighted by Crippen LogP contribution is -2.34. The Kier molecular flexibility index (Phi) is 9.15. The molecule has 0 fully saturated rings. The number of ether oxygens (including phenoxy) is 1. The zero-order valence-electron chi connectivity index (χ0n) is 14.6. The zero-order valence-corrected chi connectivity index (χ0v) is 17.8. The van der Waals surface area contributed by atoms with E-state index in [4.69, 9.17) is 4.74 Å². The molecule has 1 rings (SSSR count). The van der Waals surface area contributed by atoms with E-state index in [-0.39, 0.29) is 5.97 Å². The first-order chi connectivity index (χ1) is 12.8. The molecule has 168 valence electrons. The Morgan fingerprint density at radius 1 is 0.966 bits per heavy atom. The molecule has 16 heteroatoms. The van der Waals surface area contributed by atoms with E-state index in [1.165, 1.54) is 7.11 Å². The molecule has 0 unspecified atom stereocenters. The van der Waals surface area contributed by atoms with E-state index in [9.17, 15) is 48.0 Å². The van der Waals surface area contributed by atoms with Crippen LogP contribution < -0.4 is 0 Å². The maximum absolute atomic E-state index is 11.4. The molecule has 0 amide bonds. The van der Waals surface area contributed by atoms with Gasteiger partial charge in [-0.2, -0.15) is 43.2 Å². The summed E-state index contributed by atoms with van der Waals surface area (Å²) in [5, 5.41) is 0. The normalized spacial score (nSPS) is 12.9. The number of benzene rings is 1. The molecule has 0 aromatic heterocycles. The van der Waals surface area contributed by atoms with Gasteiger partial charge in [-0.05, 0) is 29.7 Å². The number of hydrogen-bond acceptors (Lipinski definition) is 7. The average Bonchev–Trinajstić information content (AvgIpc) is 2.51. The highest BCUT2D eigenvalue weighted by atomic mass is 79.9. The summed E-state index contributed by atoms with van der Waals surface area (Å²) in [6, 6.07) is 5.58. The van der Waals surface area contributed by atoms with E-state index < -0.39 is 31.3 Å². The molecular weight excluding hydrogens is 526 g/mol. The van der Waals surface area contributed by atoms with E-state index >= 15 is 0 Å². The third-order valence-corrected chi connectivity index (χ3v) is 5.85. The van der Waals surface area contributed by atoms with Gasteiger partial charge in [0.1, 0.15) is 0 Å². The Hall–Kier alpha value is -1.39. The lowest BCUT2D eigenvalue weighted by molar-refractivity contribution is -0.0585. The van der Waals surface area contributed by atoms with Gasteiger partial charge in [0.15, 0.2) is 0 Å². The fourth-order valence-corrected chi connectivity index (χ4v) is 3.44. The average molecular weight is 539 g/mol. The predicted octanol–water partition coefficient (Wildman–Crippen LogP) is 4.06. The number of carbonyl (C=O) groups is 1. The highest BCUT2D eigenvalue weighted by Gasteiger charge is 2.57. The molecule has 0 aliphatic rings. The van der Waals surface area contributed by atoms with Gasteiger partial charge >= 0.3 is 37.2 Å². The molecule has 0 radical (unpaired) electrons. The molecule has 0 aliphatic carbocycles. The quantitative estimate of drug-likeness (QED) is 0.323. The van der Waals surface area contributed by atoms with Crippen molar-refractivity contribution < 1.29 is 56.3 Å². The molecule has 7 nitrogen and oxygen atoms in total. The summed E-state index contributed by atoms with van der Waals surface area (Å²) in [7, 11) is -12.3. The number of rotatable bonds is 4. The molecule has 0 heterocycles. The second kappa shape index (κ2) is 9.61. The zero-order chi connectivity index (χ0) is 23.4. The molecule has 0 bridgehead atoms. The summed E-state index contributed by atoms with van der Waals surface area (Å²) < 4.78 is 116. The standard InChI is InChI=1S/C11H13BrO2.C2F6O5S2/c1-7(2)10-6-8(12)4-5-9(10)11(13)14-3;3-1(4,5)14(9,10)13-15(11,12)2(6,7)8/h4-7H,1-3H3;. The van der Waals surface area contributed by atoms with E-state index in [1.807, 2.05) is 29.6 Å². The van der Waals surface area contributed by atoms with Crippen molar-refractivity contribution in [2.45, 2.75) is 30.8 Å². The van der Waals surface area contributed by atoms with Crippen molar-refractivity contribution in [3.8, 4) is 0 Å². The van der Waals surface area contributed by atoms with Gasteiger partial charge in [0.05, 0.1) is 12.7 Å². The summed E-state index contributed by atoms with van der Waals surface area (Å²) in [5.41, 5.74) is -10.9. The highest BCUT2D eigenvalue weighted by molar-refractivity contribution is 9.10. The van der Waals surface area contributed by atoms with Gasteiger partial charge in [0.25, 0.3) is 0 Å². The molecule has 0 saturated heterocycles. The first-order valence-corrected chi connectivity index (χ1v) is 10.6. The van der Waals surface area contributed by atoms with Crippen LogP contribution in [0.3, 0.4) is 0 Å². The van der Waals surface area contributed by atoms with Gasteiger partial charge in [0, 0.05) is 4.47 Å². The first kappa shape index (κ1) is 27.6. The SMILES string of the molecule is COC(=O)c1ccc(Br)cc1C(C)C.O=S(=O)(OS(=O)(=O)C(F)(F)F)C(F)(F)F. The molecule has 1 aromatic carbocycles. The number of esters is 1. The highest BCUT2D eigenvalue weighted by Crippen LogP contribution is 2.32.